The van der Waals surface area contributed by atoms with E-state index in [1.807, 2.05) is 49.4 Å². The maximum Gasteiger partial charge on any atom is 0.255 e. The summed E-state index contributed by atoms with van der Waals surface area (Å²) in [5.41, 5.74) is 5.04. The van der Waals surface area contributed by atoms with E-state index in [2.05, 4.69) is 46.4 Å². The fraction of sp³-hybridized carbons (Fsp3) is 0.281. The Morgan fingerprint density at radius 1 is 0.857 bits per heavy atom. The zero-order valence-electron chi connectivity index (χ0n) is 24.3. The van der Waals surface area contributed by atoms with E-state index in [-0.39, 0.29) is 43.5 Å². The molecule has 218 valence electrons. The van der Waals surface area contributed by atoms with Gasteiger partial charge < -0.3 is 25.7 Å². The molecule has 42 heavy (non-hydrogen) atoms. The second-order valence-corrected chi connectivity index (χ2v) is 10.8. The van der Waals surface area contributed by atoms with E-state index in [0.717, 1.165) is 16.7 Å². The van der Waals surface area contributed by atoms with E-state index in [1.165, 1.54) is 11.2 Å². The summed E-state index contributed by atoms with van der Waals surface area (Å²) in [6.07, 6.45) is 1.41. The summed E-state index contributed by atoms with van der Waals surface area (Å²) in [5, 5.41) is 24.5. The highest BCUT2D eigenvalue weighted by Crippen LogP contribution is 2.28. The molecule has 2 amide bonds. The zero-order chi connectivity index (χ0) is 30.3. The smallest absolute Gasteiger partial charge is 0.255 e. The molecule has 0 saturated heterocycles. The van der Waals surface area contributed by atoms with Crippen molar-refractivity contribution < 1.29 is 19.8 Å². The van der Waals surface area contributed by atoms with Gasteiger partial charge in [0.1, 0.15) is 6.33 Å². The maximum atomic E-state index is 13.0. The number of amides is 2. The Morgan fingerprint density at radius 3 is 2.12 bits per heavy atom. The highest BCUT2D eigenvalue weighted by atomic mass is 16.3. The van der Waals surface area contributed by atoms with Gasteiger partial charge in [0, 0.05) is 41.2 Å². The van der Waals surface area contributed by atoms with Crippen molar-refractivity contribution in [3.05, 3.63) is 95.3 Å². The number of carbonyl (C=O) groups excluding carboxylic acids is 2. The Hall–Kier alpha value is -4.67. The van der Waals surface area contributed by atoms with Gasteiger partial charge in [-0.05, 0) is 65.9 Å². The molecule has 0 aliphatic rings. The lowest BCUT2D eigenvalue weighted by molar-refractivity contribution is 0.0684. The van der Waals surface area contributed by atoms with Gasteiger partial charge in [-0.3, -0.25) is 9.59 Å². The predicted molar refractivity (Wildman–Crippen MR) is 163 cm³/mol. The van der Waals surface area contributed by atoms with E-state index in [4.69, 9.17) is 0 Å². The van der Waals surface area contributed by atoms with Crippen LogP contribution in [0.5, 0.6) is 0 Å². The minimum Gasteiger partial charge on any atom is -0.395 e. The number of hydrogen-bond acceptors (Lipinski definition) is 8. The molecule has 10 nitrogen and oxygen atoms in total. The van der Waals surface area contributed by atoms with Crippen LogP contribution in [0.15, 0.2) is 73.1 Å². The molecule has 3 aromatic carbocycles. The topological polar surface area (TPSA) is 141 Å². The Balaban J connectivity index is 1.48. The standard InChI is InChI=1S/C32H36N6O4/c1-21-26(6-5-7-27(21)36-29(41)22-8-12-24(13-9-22)32(2,3)4)28-33-20-34-31(37-28)35-25-14-10-23(11-15-25)30(42)38(16-18-39)17-19-40/h5-15,20,39-40H,16-19H2,1-4H3,(H,36,41)(H,33,34,35,37). The number of rotatable bonds is 10. The van der Waals surface area contributed by atoms with Gasteiger partial charge in [0.05, 0.1) is 13.2 Å². The second-order valence-electron chi connectivity index (χ2n) is 10.8. The van der Waals surface area contributed by atoms with Crippen molar-refractivity contribution in [2.75, 3.05) is 36.9 Å². The summed E-state index contributed by atoms with van der Waals surface area (Å²) < 4.78 is 0. The van der Waals surface area contributed by atoms with Crippen LogP contribution >= 0.6 is 0 Å². The van der Waals surface area contributed by atoms with Crippen molar-refractivity contribution in [1.82, 2.24) is 19.9 Å². The van der Waals surface area contributed by atoms with Crippen LogP contribution in [0.1, 0.15) is 52.6 Å². The molecule has 0 aliphatic heterocycles. The Bertz CT molecular complexity index is 1530. The van der Waals surface area contributed by atoms with Crippen LogP contribution < -0.4 is 10.6 Å². The summed E-state index contributed by atoms with van der Waals surface area (Å²) in [5.74, 6) is 0.267. The molecule has 0 radical (unpaired) electrons. The van der Waals surface area contributed by atoms with Crippen LogP contribution in [0.4, 0.5) is 17.3 Å². The third kappa shape index (κ3) is 7.34. The first-order chi connectivity index (χ1) is 20.1. The molecule has 0 atom stereocenters. The summed E-state index contributed by atoms with van der Waals surface area (Å²) >= 11 is 0. The fourth-order valence-electron chi connectivity index (χ4n) is 4.38. The monoisotopic (exact) mass is 568 g/mol. The second kappa shape index (κ2) is 13.3. The minimum absolute atomic E-state index is 0.00386. The summed E-state index contributed by atoms with van der Waals surface area (Å²) in [6.45, 7) is 8.20. The van der Waals surface area contributed by atoms with Crippen molar-refractivity contribution >= 4 is 29.1 Å². The molecule has 1 aromatic heterocycles. The predicted octanol–water partition coefficient (Wildman–Crippen LogP) is 4.57. The Kier molecular flexibility index (Phi) is 9.61. The number of nitrogens with zero attached hydrogens (tertiary/aromatic N) is 4. The maximum absolute atomic E-state index is 13.0. The van der Waals surface area contributed by atoms with Gasteiger partial charge >= 0.3 is 0 Å². The highest BCUT2D eigenvalue weighted by Gasteiger charge is 2.17. The van der Waals surface area contributed by atoms with E-state index >= 15 is 0 Å². The average Bonchev–Trinajstić information content (AvgIpc) is 2.98. The molecule has 0 bridgehead atoms. The number of aromatic nitrogens is 3. The van der Waals surface area contributed by atoms with Crippen molar-refractivity contribution in [3.63, 3.8) is 0 Å². The van der Waals surface area contributed by atoms with E-state index in [1.54, 1.807) is 24.3 Å². The summed E-state index contributed by atoms with van der Waals surface area (Å²) in [6, 6.07) is 19.9. The van der Waals surface area contributed by atoms with Crippen LogP contribution in [-0.2, 0) is 5.41 Å². The fourth-order valence-corrected chi connectivity index (χ4v) is 4.38. The minimum atomic E-state index is -0.281. The quantitative estimate of drug-likeness (QED) is 0.218. The van der Waals surface area contributed by atoms with E-state index < -0.39 is 0 Å². The zero-order valence-corrected chi connectivity index (χ0v) is 24.3. The van der Waals surface area contributed by atoms with Gasteiger partial charge in [-0.1, -0.05) is 45.0 Å². The molecule has 0 spiro atoms. The number of benzene rings is 3. The van der Waals surface area contributed by atoms with E-state index in [9.17, 15) is 19.8 Å². The van der Waals surface area contributed by atoms with Gasteiger partial charge in [-0.2, -0.15) is 4.98 Å². The first kappa shape index (κ1) is 30.3. The normalized spacial score (nSPS) is 11.2. The molecule has 0 fully saturated rings. The van der Waals surface area contributed by atoms with Crippen LogP contribution in [0.3, 0.4) is 0 Å². The lowest BCUT2D eigenvalue weighted by Crippen LogP contribution is -2.35. The number of aliphatic hydroxyl groups is 2. The number of hydrogen-bond donors (Lipinski definition) is 4. The van der Waals surface area contributed by atoms with Crippen LogP contribution in [0.2, 0.25) is 0 Å². The first-order valence-corrected chi connectivity index (χ1v) is 13.7. The number of carbonyl (C=O) groups is 2. The molecule has 4 rings (SSSR count). The Labute approximate surface area is 245 Å². The SMILES string of the molecule is Cc1c(NC(=O)c2ccc(C(C)(C)C)cc2)cccc1-c1ncnc(Nc2ccc(C(=O)N(CCO)CCO)cc2)n1. The van der Waals surface area contributed by atoms with Gasteiger partial charge in [-0.15, -0.1) is 0 Å². The van der Waals surface area contributed by atoms with Crippen molar-refractivity contribution in [3.8, 4) is 11.4 Å². The largest absolute Gasteiger partial charge is 0.395 e. The molecular weight excluding hydrogens is 532 g/mol. The number of anilines is 3. The third-order valence-corrected chi connectivity index (χ3v) is 6.82. The first-order valence-electron chi connectivity index (χ1n) is 13.7. The summed E-state index contributed by atoms with van der Waals surface area (Å²) in [7, 11) is 0. The molecular formula is C32H36N6O4. The van der Waals surface area contributed by atoms with Crippen LogP contribution in [0.25, 0.3) is 11.4 Å². The van der Waals surface area contributed by atoms with Gasteiger partial charge in [0.25, 0.3) is 11.8 Å². The third-order valence-electron chi connectivity index (χ3n) is 6.82. The van der Waals surface area contributed by atoms with Gasteiger partial charge in [-0.25, -0.2) is 9.97 Å². The lowest BCUT2D eigenvalue weighted by Gasteiger charge is -2.20. The van der Waals surface area contributed by atoms with Gasteiger partial charge in [0.2, 0.25) is 5.95 Å². The molecule has 10 heteroatoms. The summed E-state index contributed by atoms with van der Waals surface area (Å²) in [4.78, 5) is 40.2. The van der Waals surface area contributed by atoms with Crippen LogP contribution in [-0.4, -0.2) is 68.2 Å². The van der Waals surface area contributed by atoms with Gasteiger partial charge in [0.15, 0.2) is 5.82 Å². The number of aliphatic hydroxyl groups excluding tert-OH is 2. The Morgan fingerprint density at radius 2 is 1.50 bits per heavy atom. The van der Waals surface area contributed by atoms with E-state index in [0.29, 0.717) is 34.3 Å². The highest BCUT2D eigenvalue weighted by molar-refractivity contribution is 6.05. The molecule has 4 N–H and O–H groups in total. The molecule has 4 aromatic rings. The average molecular weight is 569 g/mol. The lowest BCUT2D eigenvalue weighted by atomic mass is 9.86. The van der Waals surface area contributed by atoms with Crippen LogP contribution in [0, 0.1) is 6.92 Å². The number of nitrogens with one attached hydrogen (secondary N) is 2. The molecule has 0 aliphatic carbocycles. The molecule has 1 heterocycles. The molecule has 0 unspecified atom stereocenters. The van der Waals surface area contributed by atoms with Crippen molar-refractivity contribution in [2.45, 2.75) is 33.1 Å². The van der Waals surface area contributed by atoms with Crippen molar-refractivity contribution in [2.24, 2.45) is 0 Å². The molecule has 0 saturated carbocycles. The van der Waals surface area contributed by atoms with Crippen molar-refractivity contribution in [1.29, 1.82) is 0 Å².